The maximum absolute atomic E-state index is 14.4. The molecule has 0 amide bonds. The fourth-order valence-electron chi connectivity index (χ4n) is 8.91. The molecule has 4 nitrogen and oxygen atoms in total. The van der Waals surface area contributed by atoms with Crippen LogP contribution >= 0.6 is 0 Å². The van der Waals surface area contributed by atoms with E-state index >= 15 is 0 Å². The molecular weight excluding hydrogens is 723 g/mol. The number of fused-ring (bicyclic) bond motifs is 6. The van der Waals surface area contributed by atoms with Crippen molar-refractivity contribution in [2.24, 2.45) is 0 Å². The molecule has 12 rings (SSSR count). The normalized spacial score (nSPS) is 12.0. The van der Waals surface area contributed by atoms with E-state index in [-0.39, 0.29) is 11.6 Å². The predicted molar refractivity (Wildman–Crippen MR) is 234 cm³/mol. The molecule has 6 heteroatoms. The van der Waals surface area contributed by atoms with Crippen LogP contribution in [-0.4, -0.2) is 0 Å². The largest absolute Gasteiger partial charge is 0.454 e. The number of hydrogen-bond donors (Lipinski definition) is 0. The van der Waals surface area contributed by atoms with Crippen molar-refractivity contribution >= 4 is 110 Å². The minimum atomic E-state index is -0.298. The first-order chi connectivity index (χ1) is 28.6. The van der Waals surface area contributed by atoms with E-state index in [2.05, 4.69) is 94.7 Å². The molecule has 58 heavy (non-hydrogen) atoms. The second-order valence-electron chi connectivity index (χ2n) is 14.8. The number of rotatable bonds is 6. The number of furan rings is 2. The number of anilines is 6. The number of benzene rings is 10. The Labute approximate surface area is 330 Å². The van der Waals surface area contributed by atoms with Gasteiger partial charge in [-0.25, -0.2) is 8.78 Å². The van der Waals surface area contributed by atoms with Crippen LogP contribution < -0.4 is 9.80 Å². The van der Waals surface area contributed by atoms with E-state index < -0.39 is 0 Å². The molecule has 0 aliphatic heterocycles. The quantitative estimate of drug-likeness (QED) is 0.158. The molecule has 0 radical (unpaired) electrons. The summed E-state index contributed by atoms with van der Waals surface area (Å²) in [5.74, 6) is -0.597. The molecule has 0 unspecified atom stereocenters. The van der Waals surface area contributed by atoms with Crippen LogP contribution in [0.2, 0.25) is 0 Å². The molecule has 2 aromatic heterocycles. The van der Waals surface area contributed by atoms with Gasteiger partial charge in [0.15, 0.2) is 11.2 Å². The van der Waals surface area contributed by atoms with Crippen LogP contribution in [0, 0.1) is 11.6 Å². The van der Waals surface area contributed by atoms with Gasteiger partial charge in [0.2, 0.25) is 0 Å². The molecule has 0 bridgehead atoms. The standard InChI is InChI=1S/C52H30F2N2O2/c53-35-19-23-37(24-20-35)55(45-11-5-9-43-41-7-1-3-13-47(41)57-51(43)45)39-27-31-15-17-33-29-40(30-34-18-16-32(28-39)49(31)50(33)34)56(38-25-21-36(54)22-26-38)46-12-6-10-44-42-8-2-4-14-48(42)58-52(44)46/h1-30H. The third kappa shape index (κ3) is 4.91. The van der Waals surface area contributed by atoms with E-state index in [0.717, 1.165) is 110 Å². The summed E-state index contributed by atoms with van der Waals surface area (Å²) in [6.45, 7) is 0. The van der Waals surface area contributed by atoms with E-state index in [1.807, 2.05) is 48.5 Å². The van der Waals surface area contributed by atoms with Gasteiger partial charge in [-0.1, -0.05) is 84.9 Å². The molecule has 12 aromatic rings. The zero-order chi connectivity index (χ0) is 38.5. The second kappa shape index (κ2) is 12.4. The van der Waals surface area contributed by atoms with E-state index in [4.69, 9.17) is 8.83 Å². The zero-order valence-electron chi connectivity index (χ0n) is 30.8. The molecule has 0 spiro atoms. The maximum Gasteiger partial charge on any atom is 0.159 e. The lowest BCUT2D eigenvalue weighted by Gasteiger charge is -2.27. The van der Waals surface area contributed by atoms with E-state index in [9.17, 15) is 8.78 Å². The lowest BCUT2D eigenvalue weighted by molar-refractivity contribution is 0.627. The zero-order valence-corrected chi connectivity index (χ0v) is 30.8. The van der Waals surface area contributed by atoms with Crippen molar-refractivity contribution in [1.82, 2.24) is 0 Å². The molecule has 2 heterocycles. The second-order valence-corrected chi connectivity index (χ2v) is 14.8. The fourth-order valence-corrected chi connectivity index (χ4v) is 8.91. The van der Waals surface area contributed by atoms with Crippen molar-refractivity contribution in [3.05, 3.63) is 194 Å². The first kappa shape index (κ1) is 32.5. The maximum atomic E-state index is 14.4. The van der Waals surface area contributed by atoms with Gasteiger partial charge in [-0.15, -0.1) is 0 Å². The van der Waals surface area contributed by atoms with Crippen LogP contribution in [0.15, 0.2) is 191 Å². The summed E-state index contributed by atoms with van der Waals surface area (Å²) in [7, 11) is 0. The third-order valence-electron chi connectivity index (χ3n) is 11.4. The Morgan fingerprint density at radius 3 is 1.09 bits per heavy atom. The van der Waals surface area contributed by atoms with Crippen molar-refractivity contribution in [3.63, 3.8) is 0 Å². The average molecular weight is 753 g/mol. The monoisotopic (exact) mass is 752 g/mol. The molecule has 0 N–H and O–H groups in total. The average Bonchev–Trinajstić information content (AvgIpc) is 3.84. The van der Waals surface area contributed by atoms with Crippen LogP contribution in [0.25, 0.3) is 76.2 Å². The van der Waals surface area contributed by atoms with E-state index in [0.29, 0.717) is 0 Å². The summed E-state index contributed by atoms with van der Waals surface area (Å²) in [5.41, 5.74) is 8.33. The highest BCUT2D eigenvalue weighted by Crippen LogP contribution is 2.48. The van der Waals surface area contributed by atoms with Gasteiger partial charge in [-0.3, -0.25) is 0 Å². The first-order valence-corrected chi connectivity index (χ1v) is 19.2. The van der Waals surface area contributed by atoms with Gasteiger partial charge in [0.25, 0.3) is 0 Å². The summed E-state index contributed by atoms with van der Waals surface area (Å²) < 4.78 is 41.8. The SMILES string of the molecule is Fc1ccc(N(c2cc3ccc4cc(N(c5ccc(F)cc5)c5cccc6c5oc5ccccc56)cc5ccc(c2)c3c45)c2cccc3c2oc2ccccc23)cc1. The van der Waals surface area contributed by atoms with Gasteiger partial charge >= 0.3 is 0 Å². The van der Waals surface area contributed by atoms with Gasteiger partial charge < -0.3 is 18.6 Å². The van der Waals surface area contributed by atoms with E-state index in [1.54, 1.807) is 24.3 Å². The highest BCUT2D eigenvalue weighted by molar-refractivity contribution is 6.25. The smallest absolute Gasteiger partial charge is 0.159 e. The van der Waals surface area contributed by atoms with E-state index in [1.165, 1.54) is 24.3 Å². The van der Waals surface area contributed by atoms with Crippen LogP contribution in [0.1, 0.15) is 0 Å². The Balaban J connectivity index is 1.05. The molecule has 10 aromatic carbocycles. The summed E-state index contributed by atoms with van der Waals surface area (Å²) >= 11 is 0. The van der Waals surface area contributed by atoms with Gasteiger partial charge in [0, 0.05) is 44.3 Å². The summed E-state index contributed by atoms with van der Waals surface area (Å²) in [4.78, 5) is 4.30. The predicted octanol–water partition coefficient (Wildman–Crippen LogP) is 15.6. The Kier molecular flexibility index (Phi) is 6.96. The number of nitrogens with zero attached hydrogens (tertiary/aromatic N) is 2. The first-order valence-electron chi connectivity index (χ1n) is 19.2. The molecule has 0 saturated heterocycles. The van der Waals surface area contributed by atoms with Gasteiger partial charge in [-0.2, -0.15) is 0 Å². The lowest BCUT2D eigenvalue weighted by atomic mass is 9.92. The van der Waals surface area contributed by atoms with Crippen molar-refractivity contribution in [3.8, 4) is 0 Å². The molecule has 0 fully saturated rings. The number of hydrogen-bond acceptors (Lipinski definition) is 4. The van der Waals surface area contributed by atoms with Crippen molar-refractivity contribution in [2.75, 3.05) is 9.80 Å². The summed E-state index contributed by atoms with van der Waals surface area (Å²) in [5, 5.41) is 10.7. The fraction of sp³-hybridized carbons (Fsp3) is 0. The van der Waals surface area contributed by atoms with Crippen LogP contribution in [0.4, 0.5) is 42.9 Å². The Morgan fingerprint density at radius 1 is 0.328 bits per heavy atom. The van der Waals surface area contributed by atoms with Crippen LogP contribution in [0.5, 0.6) is 0 Å². The van der Waals surface area contributed by atoms with Crippen molar-refractivity contribution < 1.29 is 17.6 Å². The number of para-hydroxylation sites is 4. The minimum Gasteiger partial charge on any atom is -0.454 e. The molecule has 0 aliphatic carbocycles. The molecular formula is C52H30F2N2O2. The van der Waals surface area contributed by atoms with Crippen molar-refractivity contribution in [1.29, 1.82) is 0 Å². The topological polar surface area (TPSA) is 32.8 Å². The highest BCUT2D eigenvalue weighted by Gasteiger charge is 2.23. The highest BCUT2D eigenvalue weighted by atomic mass is 19.1. The van der Waals surface area contributed by atoms with Crippen molar-refractivity contribution in [2.45, 2.75) is 0 Å². The summed E-state index contributed by atoms with van der Waals surface area (Å²) in [6.07, 6.45) is 0. The lowest BCUT2D eigenvalue weighted by Crippen LogP contribution is -2.11. The van der Waals surface area contributed by atoms with Gasteiger partial charge in [-0.05, 0) is 129 Å². The third-order valence-corrected chi connectivity index (χ3v) is 11.4. The Morgan fingerprint density at radius 2 is 0.690 bits per heavy atom. The van der Waals surface area contributed by atoms with Crippen LogP contribution in [-0.2, 0) is 0 Å². The van der Waals surface area contributed by atoms with Crippen LogP contribution in [0.3, 0.4) is 0 Å². The molecule has 0 saturated carbocycles. The summed E-state index contributed by atoms with van der Waals surface area (Å²) in [6, 6.07) is 59.2. The minimum absolute atomic E-state index is 0.298. The van der Waals surface area contributed by atoms with Gasteiger partial charge in [0.1, 0.15) is 22.8 Å². The Hall–Kier alpha value is -7.70. The molecule has 0 aliphatic rings. The van der Waals surface area contributed by atoms with Gasteiger partial charge in [0.05, 0.1) is 11.4 Å². The number of halogens is 2. The molecule has 274 valence electrons. The molecule has 0 atom stereocenters. The Bertz CT molecular complexity index is 3250.